The Labute approximate surface area is 121 Å². The Morgan fingerprint density at radius 1 is 1.33 bits per heavy atom. The third kappa shape index (κ3) is 3.65. The van der Waals surface area contributed by atoms with Gasteiger partial charge in [-0.1, -0.05) is 6.92 Å². The number of aryl methyl sites for hydroxylation is 1. The minimum atomic E-state index is -0.396. The maximum absolute atomic E-state index is 12.1. The second-order valence-corrected chi connectivity index (χ2v) is 4.32. The zero-order chi connectivity index (χ0) is 15.2. The highest BCUT2D eigenvalue weighted by Gasteiger charge is 2.10. The molecule has 7 nitrogen and oxygen atoms in total. The molecule has 0 saturated carbocycles. The monoisotopic (exact) mass is 288 g/mol. The molecule has 0 spiro atoms. The molecule has 0 bridgehead atoms. The first-order valence-corrected chi connectivity index (χ1v) is 6.53. The fraction of sp³-hybridized carbons (Fsp3) is 0.286. The van der Waals surface area contributed by atoms with E-state index in [-0.39, 0.29) is 11.3 Å². The Bertz CT molecular complexity index is 679. The number of anilines is 1. The van der Waals surface area contributed by atoms with Crippen molar-refractivity contribution in [2.75, 3.05) is 12.4 Å². The van der Waals surface area contributed by atoms with Gasteiger partial charge in [-0.15, -0.1) is 0 Å². The van der Waals surface area contributed by atoms with Crippen molar-refractivity contribution in [3.8, 4) is 5.88 Å². The van der Waals surface area contributed by atoms with Crippen LogP contribution in [0.15, 0.2) is 35.3 Å². The zero-order valence-electron chi connectivity index (χ0n) is 11.9. The number of amides is 1. The van der Waals surface area contributed by atoms with Crippen molar-refractivity contribution in [1.82, 2.24) is 14.8 Å². The van der Waals surface area contributed by atoms with Crippen molar-refractivity contribution >= 4 is 11.6 Å². The van der Waals surface area contributed by atoms with Gasteiger partial charge in [-0.3, -0.25) is 9.59 Å². The van der Waals surface area contributed by atoms with Crippen LogP contribution >= 0.6 is 0 Å². The Balaban J connectivity index is 2.15. The van der Waals surface area contributed by atoms with Gasteiger partial charge < -0.3 is 10.1 Å². The van der Waals surface area contributed by atoms with E-state index in [2.05, 4.69) is 15.4 Å². The van der Waals surface area contributed by atoms with Gasteiger partial charge in [0, 0.05) is 18.7 Å². The number of rotatable bonds is 5. The van der Waals surface area contributed by atoms with Crippen molar-refractivity contribution in [2.24, 2.45) is 0 Å². The van der Waals surface area contributed by atoms with Crippen LogP contribution in [0.4, 0.5) is 5.69 Å². The average Bonchev–Trinajstić information content (AvgIpc) is 2.50. The highest BCUT2D eigenvalue weighted by Crippen LogP contribution is 2.11. The number of carbonyl (C=O) groups is 1. The highest BCUT2D eigenvalue weighted by molar-refractivity contribution is 6.02. The Morgan fingerprint density at radius 2 is 2.14 bits per heavy atom. The molecule has 0 aliphatic heterocycles. The summed E-state index contributed by atoms with van der Waals surface area (Å²) in [5.41, 5.74) is 0.481. The van der Waals surface area contributed by atoms with Crippen LogP contribution in [-0.4, -0.2) is 27.8 Å². The number of nitrogens with zero attached hydrogens (tertiary/aromatic N) is 3. The molecule has 0 saturated heterocycles. The summed E-state index contributed by atoms with van der Waals surface area (Å²) in [5, 5.41) is 6.70. The van der Waals surface area contributed by atoms with Crippen LogP contribution in [-0.2, 0) is 6.54 Å². The van der Waals surface area contributed by atoms with Crippen LogP contribution in [0.3, 0.4) is 0 Å². The first kappa shape index (κ1) is 14.7. The molecule has 2 rings (SSSR count). The number of carbonyl (C=O) groups excluding carboxylic acids is 1. The molecule has 0 fully saturated rings. The zero-order valence-corrected chi connectivity index (χ0v) is 11.9. The lowest BCUT2D eigenvalue weighted by atomic mass is 10.3. The predicted octanol–water partition coefficient (Wildman–Crippen LogP) is 1.31. The molecule has 0 aliphatic carbocycles. The molecule has 2 aromatic heterocycles. The number of aromatic nitrogens is 3. The molecule has 110 valence electrons. The van der Waals surface area contributed by atoms with E-state index in [0.717, 1.165) is 6.42 Å². The van der Waals surface area contributed by atoms with Crippen LogP contribution in [0.5, 0.6) is 5.88 Å². The van der Waals surface area contributed by atoms with Gasteiger partial charge in [0.05, 0.1) is 19.0 Å². The summed E-state index contributed by atoms with van der Waals surface area (Å²) in [6.07, 6.45) is 2.25. The Kier molecular flexibility index (Phi) is 4.65. The van der Waals surface area contributed by atoms with Crippen LogP contribution in [0.1, 0.15) is 23.8 Å². The molecule has 0 aromatic carbocycles. The largest absolute Gasteiger partial charge is 0.481 e. The Hall–Kier alpha value is -2.70. The number of pyridine rings is 1. The second-order valence-electron chi connectivity index (χ2n) is 4.32. The fourth-order valence-electron chi connectivity index (χ4n) is 1.71. The first-order valence-electron chi connectivity index (χ1n) is 6.53. The van der Waals surface area contributed by atoms with Gasteiger partial charge in [0.25, 0.3) is 11.5 Å². The summed E-state index contributed by atoms with van der Waals surface area (Å²) in [6, 6.07) is 6.05. The summed E-state index contributed by atoms with van der Waals surface area (Å²) in [5.74, 6) is 0.0643. The molecule has 0 atom stereocenters. The molecule has 2 aromatic rings. The average molecular weight is 288 g/mol. The van der Waals surface area contributed by atoms with Crippen molar-refractivity contribution in [3.05, 3.63) is 46.5 Å². The number of hydrogen-bond acceptors (Lipinski definition) is 5. The summed E-state index contributed by atoms with van der Waals surface area (Å²) in [4.78, 5) is 27.6. The van der Waals surface area contributed by atoms with Gasteiger partial charge in [-0.25, -0.2) is 9.67 Å². The minimum absolute atomic E-state index is 0.180. The number of nitrogens with one attached hydrogen (secondary N) is 1. The second kappa shape index (κ2) is 6.65. The van der Waals surface area contributed by atoms with Gasteiger partial charge in [0.15, 0.2) is 0 Å². The third-order valence-corrected chi connectivity index (χ3v) is 2.74. The van der Waals surface area contributed by atoms with Crippen molar-refractivity contribution in [2.45, 2.75) is 19.9 Å². The number of ether oxygens (including phenoxy) is 1. The molecule has 2 heterocycles. The van der Waals surface area contributed by atoms with Gasteiger partial charge in [-0.05, 0) is 18.6 Å². The Morgan fingerprint density at radius 3 is 2.76 bits per heavy atom. The normalized spacial score (nSPS) is 10.2. The maximum Gasteiger partial charge on any atom is 0.276 e. The molecule has 0 unspecified atom stereocenters. The highest BCUT2D eigenvalue weighted by atomic mass is 16.5. The van der Waals surface area contributed by atoms with Crippen molar-refractivity contribution in [3.63, 3.8) is 0 Å². The van der Waals surface area contributed by atoms with Gasteiger partial charge >= 0.3 is 0 Å². The molecule has 1 amide bonds. The SMILES string of the molecule is CCCn1nc(C(=O)Nc2ccc(OC)nc2)ccc1=O. The first-order chi connectivity index (χ1) is 10.1. The van der Waals surface area contributed by atoms with E-state index in [4.69, 9.17) is 4.74 Å². The third-order valence-electron chi connectivity index (χ3n) is 2.74. The predicted molar refractivity (Wildman–Crippen MR) is 77.5 cm³/mol. The lowest BCUT2D eigenvalue weighted by Gasteiger charge is -2.07. The van der Waals surface area contributed by atoms with E-state index in [1.54, 1.807) is 12.1 Å². The molecular weight excluding hydrogens is 272 g/mol. The molecule has 0 radical (unpaired) electrons. The molecule has 0 aliphatic rings. The van der Waals surface area contributed by atoms with Crippen molar-refractivity contribution < 1.29 is 9.53 Å². The smallest absolute Gasteiger partial charge is 0.276 e. The van der Waals surface area contributed by atoms with Gasteiger partial charge in [0.2, 0.25) is 5.88 Å². The lowest BCUT2D eigenvalue weighted by Crippen LogP contribution is -2.26. The van der Waals surface area contributed by atoms with Gasteiger partial charge in [0.1, 0.15) is 5.69 Å². The van der Waals surface area contributed by atoms with Crippen molar-refractivity contribution in [1.29, 1.82) is 0 Å². The fourth-order valence-corrected chi connectivity index (χ4v) is 1.71. The van der Waals surface area contributed by atoms with E-state index in [1.807, 2.05) is 6.92 Å². The molecular formula is C14H16N4O3. The summed E-state index contributed by atoms with van der Waals surface area (Å²) >= 11 is 0. The number of hydrogen-bond donors (Lipinski definition) is 1. The summed E-state index contributed by atoms with van der Waals surface area (Å²) in [6.45, 7) is 2.41. The van der Waals surface area contributed by atoms with E-state index in [1.165, 1.54) is 30.1 Å². The van der Waals surface area contributed by atoms with E-state index >= 15 is 0 Å². The van der Waals surface area contributed by atoms with Gasteiger partial charge in [-0.2, -0.15) is 5.10 Å². The van der Waals surface area contributed by atoms with E-state index in [9.17, 15) is 9.59 Å². The summed E-state index contributed by atoms with van der Waals surface area (Å²) < 4.78 is 6.22. The molecule has 7 heteroatoms. The molecule has 1 N–H and O–H groups in total. The number of methoxy groups -OCH3 is 1. The van der Waals surface area contributed by atoms with E-state index in [0.29, 0.717) is 18.1 Å². The summed E-state index contributed by atoms with van der Waals surface area (Å²) in [7, 11) is 1.52. The minimum Gasteiger partial charge on any atom is -0.481 e. The molecule has 21 heavy (non-hydrogen) atoms. The van der Waals surface area contributed by atoms with Crippen LogP contribution < -0.4 is 15.6 Å². The van der Waals surface area contributed by atoms with Crippen LogP contribution in [0, 0.1) is 0 Å². The topological polar surface area (TPSA) is 86.1 Å². The quantitative estimate of drug-likeness (QED) is 0.896. The van der Waals surface area contributed by atoms with Crippen LogP contribution in [0.25, 0.3) is 0 Å². The standard InChI is InChI=1S/C14H16N4O3/c1-3-8-18-13(19)7-5-11(17-18)14(20)16-10-4-6-12(21-2)15-9-10/h4-7,9H,3,8H2,1-2H3,(H,16,20). The van der Waals surface area contributed by atoms with E-state index < -0.39 is 5.91 Å². The van der Waals surface area contributed by atoms with Crippen LogP contribution in [0.2, 0.25) is 0 Å². The maximum atomic E-state index is 12.1. The lowest BCUT2D eigenvalue weighted by molar-refractivity contribution is 0.101.